The molecular weight excluding hydrogens is 440 g/mol. The van der Waals surface area contributed by atoms with Gasteiger partial charge in [-0.05, 0) is 61.6 Å². The first-order valence-corrected chi connectivity index (χ1v) is 11.8. The van der Waals surface area contributed by atoms with Gasteiger partial charge < -0.3 is 4.90 Å². The molecule has 0 radical (unpaired) electrons. The quantitative estimate of drug-likeness (QED) is 0.696. The largest absolute Gasteiger partial charge is 0.312 e. The van der Waals surface area contributed by atoms with Crippen molar-refractivity contribution in [1.29, 1.82) is 0 Å². The van der Waals surface area contributed by atoms with Gasteiger partial charge in [-0.1, -0.05) is 34.1 Å². The standard InChI is InChI=1S/C21H23BrN2O3S/c22-18-9-11-19(12-10-18)28(26,27)23-13-3-7-17(15-23)21(25)24-14-4-6-16-5-1-2-8-20(16)24/h1-2,5,8-12,17H,3-4,6-7,13-15H2. The molecule has 1 amide bonds. The maximum absolute atomic E-state index is 13.3. The summed E-state index contributed by atoms with van der Waals surface area (Å²) in [7, 11) is -3.59. The van der Waals surface area contributed by atoms with Gasteiger partial charge in [-0.15, -0.1) is 0 Å². The molecule has 0 bridgehead atoms. The van der Waals surface area contributed by atoms with Gasteiger partial charge in [0, 0.05) is 29.8 Å². The van der Waals surface area contributed by atoms with Crippen LogP contribution in [0.3, 0.4) is 0 Å². The van der Waals surface area contributed by atoms with Crippen LogP contribution >= 0.6 is 15.9 Å². The fourth-order valence-electron chi connectivity index (χ4n) is 4.10. The van der Waals surface area contributed by atoms with Gasteiger partial charge in [-0.2, -0.15) is 4.31 Å². The molecule has 1 atom stereocenters. The third-order valence-corrected chi connectivity index (χ3v) is 7.97. The Balaban J connectivity index is 1.54. The minimum absolute atomic E-state index is 0.0443. The summed E-state index contributed by atoms with van der Waals surface area (Å²) in [6, 6.07) is 14.7. The van der Waals surface area contributed by atoms with Crippen LogP contribution in [0, 0.1) is 5.92 Å². The van der Waals surface area contributed by atoms with Crippen LogP contribution in [0.4, 0.5) is 5.69 Å². The van der Waals surface area contributed by atoms with Gasteiger partial charge in [0.25, 0.3) is 0 Å². The summed E-state index contributed by atoms with van der Waals surface area (Å²) >= 11 is 3.34. The highest BCUT2D eigenvalue weighted by Crippen LogP contribution is 2.31. The number of rotatable bonds is 3. The molecular formula is C21H23BrN2O3S. The first-order valence-electron chi connectivity index (χ1n) is 9.62. The van der Waals surface area contributed by atoms with Gasteiger partial charge in [-0.3, -0.25) is 4.79 Å². The van der Waals surface area contributed by atoms with Crippen LogP contribution in [0.25, 0.3) is 0 Å². The first-order chi connectivity index (χ1) is 13.5. The molecule has 2 aliphatic rings. The maximum Gasteiger partial charge on any atom is 0.243 e. The number of aryl methyl sites for hydroxylation is 1. The summed E-state index contributed by atoms with van der Waals surface area (Å²) in [5, 5.41) is 0. The summed E-state index contributed by atoms with van der Waals surface area (Å²) in [5.74, 6) is -0.256. The topological polar surface area (TPSA) is 57.7 Å². The zero-order valence-electron chi connectivity index (χ0n) is 15.6. The number of sulfonamides is 1. The van der Waals surface area contributed by atoms with Crippen LogP contribution in [0.2, 0.25) is 0 Å². The molecule has 1 saturated heterocycles. The van der Waals surface area contributed by atoms with E-state index in [0.29, 0.717) is 19.5 Å². The molecule has 0 spiro atoms. The molecule has 2 aromatic carbocycles. The van der Waals surface area contributed by atoms with Gasteiger partial charge in [0.2, 0.25) is 15.9 Å². The second kappa shape index (κ2) is 7.97. The predicted octanol–water partition coefficient (Wildman–Crippen LogP) is 3.83. The lowest BCUT2D eigenvalue weighted by Gasteiger charge is -2.36. The van der Waals surface area contributed by atoms with Crippen LogP contribution in [0.5, 0.6) is 0 Å². The number of amides is 1. The maximum atomic E-state index is 13.3. The third-order valence-electron chi connectivity index (χ3n) is 5.56. The Hall–Kier alpha value is -1.70. The molecule has 1 unspecified atom stereocenters. The highest BCUT2D eigenvalue weighted by molar-refractivity contribution is 9.10. The molecule has 2 heterocycles. The Bertz CT molecular complexity index is 975. The second-order valence-electron chi connectivity index (χ2n) is 7.38. The number of anilines is 1. The molecule has 2 aliphatic heterocycles. The Morgan fingerprint density at radius 2 is 1.75 bits per heavy atom. The van der Waals surface area contributed by atoms with E-state index in [-0.39, 0.29) is 23.3 Å². The van der Waals surface area contributed by atoms with E-state index in [2.05, 4.69) is 22.0 Å². The van der Waals surface area contributed by atoms with Crippen LogP contribution in [0.1, 0.15) is 24.8 Å². The normalized spacial score (nSPS) is 20.6. The zero-order chi connectivity index (χ0) is 19.7. The molecule has 1 fully saturated rings. The number of carbonyl (C=O) groups excluding carboxylic acids is 1. The lowest BCUT2D eigenvalue weighted by atomic mass is 9.95. The number of hydrogen-bond donors (Lipinski definition) is 0. The minimum Gasteiger partial charge on any atom is -0.312 e. The second-order valence-corrected chi connectivity index (χ2v) is 10.2. The third kappa shape index (κ3) is 3.75. The van der Waals surface area contributed by atoms with E-state index < -0.39 is 10.0 Å². The minimum atomic E-state index is -3.59. The summed E-state index contributed by atoms with van der Waals surface area (Å²) < 4.78 is 28.4. The van der Waals surface area contributed by atoms with Crippen molar-refractivity contribution in [2.75, 3.05) is 24.5 Å². The Morgan fingerprint density at radius 1 is 1.00 bits per heavy atom. The highest BCUT2D eigenvalue weighted by Gasteiger charge is 2.36. The van der Waals surface area contributed by atoms with Crippen molar-refractivity contribution in [2.45, 2.75) is 30.6 Å². The van der Waals surface area contributed by atoms with Crippen molar-refractivity contribution in [3.63, 3.8) is 0 Å². The van der Waals surface area contributed by atoms with Crippen molar-refractivity contribution in [3.8, 4) is 0 Å². The SMILES string of the molecule is O=C(C1CCCN(S(=O)(=O)c2ccc(Br)cc2)C1)N1CCCc2ccccc21. The molecule has 0 saturated carbocycles. The number of halogens is 1. The zero-order valence-corrected chi connectivity index (χ0v) is 18.0. The van der Waals surface area contributed by atoms with Crippen molar-refractivity contribution < 1.29 is 13.2 Å². The van der Waals surface area contributed by atoms with E-state index in [1.54, 1.807) is 24.3 Å². The summed E-state index contributed by atoms with van der Waals surface area (Å²) in [4.78, 5) is 15.4. The average molecular weight is 463 g/mol. The molecule has 4 rings (SSSR count). The molecule has 2 aromatic rings. The number of hydrogen-bond acceptors (Lipinski definition) is 3. The van der Waals surface area contributed by atoms with Crippen molar-refractivity contribution in [2.24, 2.45) is 5.92 Å². The van der Waals surface area contributed by atoms with Gasteiger partial charge in [0.15, 0.2) is 0 Å². The number of fused-ring (bicyclic) bond motifs is 1. The van der Waals surface area contributed by atoms with E-state index in [1.165, 1.54) is 9.87 Å². The van der Waals surface area contributed by atoms with Crippen molar-refractivity contribution >= 4 is 37.5 Å². The average Bonchev–Trinajstić information content (AvgIpc) is 2.73. The van der Waals surface area contributed by atoms with Crippen molar-refractivity contribution in [3.05, 3.63) is 58.6 Å². The van der Waals surface area contributed by atoms with Crippen LogP contribution < -0.4 is 4.90 Å². The number of carbonyl (C=O) groups is 1. The van der Waals surface area contributed by atoms with Gasteiger partial charge in [-0.25, -0.2) is 8.42 Å². The lowest BCUT2D eigenvalue weighted by molar-refractivity contribution is -0.123. The lowest BCUT2D eigenvalue weighted by Crippen LogP contribution is -2.48. The number of benzene rings is 2. The van der Waals surface area contributed by atoms with E-state index in [0.717, 1.165) is 29.4 Å². The van der Waals surface area contributed by atoms with Crippen LogP contribution in [0.15, 0.2) is 57.9 Å². The Labute approximate surface area is 174 Å². The van der Waals surface area contributed by atoms with E-state index in [1.807, 2.05) is 23.1 Å². The Morgan fingerprint density at radius 3 is 2.54 bits per heavy atom. The highest BCUT2D eigenvalue weighted by atomic mass is 79.9. The first kappa shape index (κ1) is 19.6. The molecule has 148 valence electrons. The van der Waals surface area contributed by atoms with E-state index in [9.17, 15) is 13.2 Å². The number of para-hydroxylation sites is 1. The fourth-order valence-corrected chi connectivity index (χ4v) is 5.89. The molecule has 0 aliphatic carbocycles. The molecule has 28 heavy (non-hydrogen) atoms. The monoisotopic (exact) mass is 462 g/mol. The van der Waals surface area contributed by atoms with Gasteiger partial charge in [0.1, 0.15) is 0 Å². The Kier molecular flexibility index (Phi) is 5.58. The van der Waals surface area contributed by atoms with Gasteiger partial charge >= 0.3 is 0 Å². The molecule has 0 N–H and O–H groups in total. The van der Waals surface area contributed by atoms with E-state index in [4.69, 9.17) is 0 Å². The predicted molar refractivity (Wildman–Crippen MR) is 113 cm³/mol. The van der Waals surface area contributed by atoms with Gasteiger partial charge in [0.05, 0.1) is 10.8 Å². The van der Waals surface area contributed by atoms with E-state index >= 15 is 0 Å². The molecule has 5 nitrogen and oxygen atoms in total. The molecule has 0 aromatic heterocycles. The summed E-state index contributed by atoms with van der Waals surface area (Å²) in [5.41, 5.74) is 2.17. The molecule has 7 heteroatoms. The summed E-state index contributed by atoms with van der Waals surface area (Å²) in [6.45, 7) is 1.40. The fraction of sp³-hybridized carbons (Fsp3) is 0.381. The van der Waals surface area contributed by atoms with Crippen LogP contribution in [-0.2, 0) is 21.2 Å². The number of nitrogens with zero attached hydrogens (tertiary/aromatic N) is 2. The smallest absolute Gasteiger partial charge is 0.243 e. The summed E-state index contributed by atoms with van der Waals surface area (Å²) in [6.07, 6.45) is 3.34. The number of piperidine rings is 1. The van der Waals surface area contributed by atoms with Crippen LogP contribution in [-0.4, -0.2) is 38.3 Å². The van der Waals surface area contributed by atoms with Crippen molar-refractivity contribution in [1.82, 2.24) is 4.31 Å².